The van der Waals surface area contributed by atoms with Gasteiger partial charge in [0.05, 0.1) is 25.7 Å². The molecule has 0 saturated heterocycles. The van der Waals surface area contributed by atoms with Crippen LogP contribution >= 0.6 is 11.8 Å². The fraction of sp³-hybridized carbons (Fsp3) is 0.444. The number of amides is 1. The van der Waals surface area contributed by atoms with Crippen LogP contribution in [-0.2, 0) is 10.5 Å². The number of hydrogen-bond donors (Lipinski definition) is 1. The van der Waals surface area contributed by atoms with Crippen LogP contribution in [0.25, 0.3) is 11.5 Å². The van der Waals surface area contributed by atoms with E-state index in [4.69, 9.17) is 13.9 Å². The van der Waals surface area contributed by atoms with E-state index in [1.807, 2.05) is 32.0 Å². The first kappa shape index (κ1) is 19.2. The SMILES string of the molecule is CCCNC(=O)CSCc1nc(-c2ccc(OC)c(OC)c2)oc1C. The third-order valence-corrected chi connectivity index (χ3v) is 4.51. The van der Waals surface area contributed by atoms with Gasteiger partial charge < -0.3 is 19.2 Å². The molecule has 2 rings (SSSR count). The molecule has 1 N–H and O–H groups in total. The van der Waals surface area contributed by atoms with Crippen LogP contribution in [0.1, 0.15) is 24.8 Å². The molecule has 1 heterocycles. The summed E-state index contributed by atoms with van der Waals surface area (Å²) < 4.78 is 16.3. The topological polar surface area (TPSA) is 73.6 Å². The minimum atomic E-state index is 0.0492. The van der Waals surface area contributed by atoms with Crippen molar-refractivity contribution >= 4 is 17.7 Å². The minimum absolute atomic E-state index is 0.0492. The van der Waals surface area contributed by atoms with Crippen molar-refractivity contribution in [2.45, 2.75) is 26.0 Å². The Morgan fingerprint density at radius 3 is 2.72 bits per heavy atom. The Morgan fingerprint density at radius 2 is 2.04 bits per heavy atom. The number of nitrogens with zero attached hydrogens (tertiary/aromatic N) is 1. The van der Waals surface area contributed by atoms with Gasteiger partial charge in [-0.05, 0) is 31.5 Å². The van der Waals surface area contributed by atoms with Crippen molar-refractivity contribution in [3.8, 4) is 23.0 Å². The fourth-order valence-corrected chi connectivity index (χ4v) is 3.06. The molecular formula is C18H24N2O4S. The summed E-state index contributed by atoms with van der Waals surface area (Å²) in [6.45, 7) is 4.62. The molecule has 0 radical (unpaired) electrons. The van der Waals surface area contributed by atoms with Gasteiger partial charge in [-0.3, -0.25) is 4.79 Å². The van der Waals surface area contributed by atoms with Crippen molar-refractivity contribution in [1.82, 2.24) is 10.3 Å². The van der Waals surface area contributed by atoms with Crippen LogP contribution in [0.3, 0.4) is 0 Å². The molecule has 136 valence electrons. The fourth-order valence-electron chi connectivity index (χ4n) is 2.21. The van der Waals surface area contributed by atoms with Crippen molar-refractivity contribution in [3.05, 3.63) is 29.7 Å². The number of carbonyl (C=O) groups excluding carboxylic acids is 1. The number of methoxy groups -OCH3 is 2. The van der Waals surface area contributed by atoms with Gasteiger partial charge in [-0.2, -0.15) is 0 Å². The minimum Gasteiger partial charge on any atom is -0.493 e. The van der Waals surface area contributed by atoms with Gasteiger partial charge in [0.1, 0.15) is 5.76 Å². The summed E-state index contributed by atoms with van der Waals surface area (Å²) in [5.41, 5.74) is 1.66. The molecule has 0 bridgehead atoms. The molecule has 25 heavy (non-hydrogen) atoms. The number of nitrogens with one attached hydrogen (secondary N) is 1. The summed E-state index contributed by atoms with van der Waals surface area (Å²) in [6.07, 6.45) is 0.938. The molecule has 6 nitrogen and oxygen atoms in total. The highest BCUT2D eigenvalue weighted by Crippen LogP contribution is 2.33. The highest BCUT2D eigenvalue weighted by atomic mass is 32.2. The summed E-state index contributed by atoms with van der Waals surface area (Å²) >= 11 is 1.52. The van der Waals surface area contributed by atoms with Gasteiger partial charge in [0.25, 0.3) is 0 Å². The average molecular weight is 364 g/mol. The number of carbonyl (C=O) groups is 1. The second-order valence-corrected chi connectivity index (χ2v) is 6.42. The van der Waals surface area contributed by atoms with E-state index in [1.165, 1.54) is 11.8 Å². The lowest BCUT2D eigenvalue weighted by Crippen LogP contribution is -2.25. The number of benzene rings is 1. The summed E-state index contributed by atoms with van der Waals surface area (Å²) in [5, 5.41) is 2.86. The average Bonchev–Trinajstić information content (AvgIpc) is 3.00. The van der Waals surface area contributed by atoms with E-state index in [2.05, 4.69) is 10.3 Å². The van der Waals surface area contributed by atoms with E-state index < -0.39 is 0 Å². The quantitative estimate of drug-likeness (QED) is 0.735. The molecule has 7 heteroatoms. The second kappa shape index (κ2) is 9.36. The Morgan fingerprint density at radius 1 is 1.28 bits per heavy atom. The molecule has 0 fully saturated rings. The van der Waals surface area contributed by atoms with Crippen LogP contribution in [0.15, 0.2) is 22.6 Å². The van der Waals surface area contributed by atoms with Gasteiger partial charge in [-0.1, -0.05) is 6.92 Å². The van der Waals surface area contributed by atoms with E-state index >= 15 is 0 Å². The zero-order chi connectivity index (χ0) is 18.2. The first-order chi connectivity index (χ1) is 12.1. The van der Waals surface area contributed by atoms with Crippen molar-refractivity contribution in [1.29, 1.82) is 0 Å². The Bertz CT molecular complexity index is 715. The predicted molar refractivity (Wildman–Crippen MR) is 99.2 cm³/mol. The van der Waals surface area contributed by atoms with Gasteiger partial charge in [-0.15, -0.1) is 11.8 Å². The third-order valence-electron chi connectivity index (χ3n) is 3.57. The van der Waals surface area contributed by atoms with Crippen LogP contribution in [0, 0.1) is 6.92 Å². The highest BCUT2D eigenvalue weighted by molar-refractivity contribution is 7.99. The highest BCUT2D eigenvalue weighted by Gasteiger charge is 2.14. The predicted octanol–water partition coefficient (Wildman–Crippen LogP) is 3.43. The van der Waals surface area contributed by atoms with Crippen LogP contribution in [0.2, 0.25) is 0 Å². The van der Waals surface area contributed by atoms with E-state index in [-0.39, 0.29) is 5.91 Å². The van der Waals surface area contributed by atoms with Crippen LogP contribution < -0.4 is 14.8 Å². The zero-order valence-corrected chi connectivity index (χ0v) is 15.9. The summed E-state index contributed by atoms with van der Waals surface area (Å²) in [6, 6.07) is 5.53. The Balaban J connectivity index is 2.03. The second-order valence-electron chi connectivity index (χ2n) is 5.43. The van der Waals surface area contributed by atoms with Crippen molar-refractivity contribution in [2.24, 2.45) is 0 Å². The molecule has 0 aliphatic rings. The number of oxazole rings is 1. The van der Waals surface area contributed by atoms with E-state index in [0.29, 0.717) is 35.4 Å². The van der Waals surface area contributed by atoms with Gasteiger partial charge in [0, 0.05) is 17.9 Å². The molecule has 0 aliphatic carbocycles. The largest absolute Gasteiger partial charge is 0.493 e. The third kappa shape index (κ3) is 5.16. The molecule has 0 saturated carbocycles. The lowest BCUT2D eigenvalue weighted by Gasteiger charge is -2.07. The zero-order valence-electron chi connectivity index (χ0n) is 15.0. The Kier molecular flexibility index (Phi) is 7.18. The number of thioether (sulfide) groups is 1. The Hall–Kier alpha value is -2.15. The number of aryl methyl sites for hydroxylation is 1. The molecular weight excluding hydrogens is 340 g/mol. The summed E-state index contributed by atoms with van der Waals surface area (Å²) in [7, 11) is 3.19. The monoisotopic (exact) mass is 364 g/mol. The number of aromatic nitrogens is 1. The van der Waals surface area contributed by atoms with E-state index in [9.17, 15) is 4.79 Å². The molecule has 0 unspecified atom stereocenters. The Labute approximate surface area is 152 Å². The lowest BCUT2D eigenvalue weighted by molar-refractivity contribution is -0.118. The molecule has 0 atom stereocenters. The molecule has 1 aromatic heterocycles. The number of hydrogen-bond acceptors (Lipinski definition) is 6. The summed E-state index contributed by atoms with van der Waals surface area (Å²) in [5.74, 6) is 3.66. The first-order valence-corrected chi connectivity index (χ1v) is 9.27. The maximum absolute atomic E-state index is 11.6. The maximum Gasteiger partial charge on any atom is 0.230 e. The first-order valence-electron chi connectivity index (χ1n) is 8.12. The normalized spacial score (nSPS) is 10.6. The lowest BCUT2D eigenvalue weighted by atomic mass is 10.2. The number of ether oxygens (including phenoxy) is 2. The van der Waals surface area contributed by atoms with Crippen LogP contribution in [0.5, 0.6) is 11.5 Å². The van der Waals surface area contributed by atoms with Gasteiger partial charge in [0.2, 0.25) is 11.8 Å². The maximum atomic E-state index is 11.6. The number of rotatable bonds is 9. The standard InChI is InChI=1S/C18H24N2O4S/c1-5-8-19-17(21)11-25-10-14-12(2)24-18(20-14)13-6-7-15(22-3)16(9-13)23-4/h6-7,9H,5,8,10-11H2,1-4H3,(H,19,21). The summed E-state index contributed by atoms with van der Waals surface area (Å²) in [4.78, 5) is 16.2. The van der Waals surface area contributed by atoms with Crippen molar-refractivity contribution in [2.75, 3.05) is 26.5 Å². The molecule has 0 aliphatic heterocycles. The molecule has 0 spiro atoms. The smallest absolute Gasteiger partial charge is 0.230 e. The van der Waals surface area contributed by atoms with Crippen molar-refractivity contribution in [3.63, 3.8) is 0 Å². The molecule has 2 aromatic rings. The van der Waals surface area contributed by atoms with Crippen molar-refractivity contribution < 1.29 is 18.7 Å². The van der Waals surface area contributed by atoms with Gasteiger partial charge >= 0.3 is 0 Å². The molecule has 1 amide bonds. The van der Waals surface area contributed by atoms with Gasteiger partial charge in [0.15, 0.2) is 11.5 Å². The molecule has 1 aromatic carbocycles. The van der Waals surface area contributed by atoms with Crippen LogP contribution in [0.4, 0.5) is 0 Å². The van der Waals surface area contributed by atoms with E-state index in [1.54, 1.807) is 14.2 Å². The van der Waals surface area contributed by atoms with E-state index in [0.717, 1.165) is 23.4 Å². The van der Waals surface area contributed by atoms with Gasteiger partial charge in [-0.25, -0.2) is 4.98 Å². The van der Waals surface area contributed by atoms with Crippen LogP contribution in [-0.4, -0.2) is 37.4 Å².